The topological polar surface area (TPSA) is 27.6 Å². The maximum absolute atomic E-state index is 4.79. The van der Waals surface area contributed by atoms with Gasteiger partial charge in [0, 0.05) is 30.9 Å². The van der Waals surface area contributed by atoms with E-state index in [1.807, 2.05) is 11.8 Å². The zero-order valence-corrected chi connectivity index (χ0v) is 13.0. The highest BCUT2D eigenvalue weighted by Gasteiger charge is 2.25. The molecule has 0 radical (unpaired) electrons. The first-order valence-electron chi connectivity index (χ1n) is 7.24. The molecular weight excluding hydrogens is 242 g/mol. The summed E-state index contributed by atoms with van der Waals surface area (Å²) in [6.07, 6.45) is 1.31. The van der Waals surface area contributed by atoms with Crippen LogP contribution in [-0.4, -0.2) is 47.5 Å². The molecule has 4 heteroatoms. The van der Waals surface area contributed by atoms with Crippen LogP contribution in [0.5, 0.6) is 0 Å². The number of hydrogen-bond donors (Lipinski definition) is 1. The quantitative estimate of drug-likeness (QED) is 0.853. The first-order chi connectivity index (χ1) is 8.56. The Morgan fingerprint density at radius 3 is 2.83 bits per heavy atom. The Hall–Kier alpha value is -0.220. The minimum Gasteiger partial charge on any atom is -0.362 e. The van der Waals surface area contributed by atoms with Crippen molar-refractivity contribution in [2.24, 2.45) is 16.8 Å². The molecule has 3 unspecified atom stereocenters. The standard InChI is InChI=1S/C14H27N3S/c1-10(2)17-6-5-13(8-17)7-15-14-16-12(4)11(3)9-18-14/h10-13H,5-9H2,1-4H3,(H,15,16). The predicted molar refractivity (Wildman–Crippen MR) is 81.3 cm³/mol. The van der Waals surface area contributed by atoms with Crippen molar-refractivity contribution in [3.05, 3.63) is 0 Å². The first-order valence-corrected chi connectivity index (χ1v) is 8.22. The molecule has 3 atom stereocenters. The van der Waals surface area contributed by atoms with Crippen LogP contribution in [0.25, 0.3) is 0 Å². The van der Waals surface area contributed by atoms with E-state index in [0.29, 0.717) is 12.1 Å². The smallest absolute Gasteiger partial charge is 0.156 e. The third-order valence-corrected chi connectivity index (χ3v) is 5.44. The minimum atomic E-state index is 0.570. The summed E-state index contributed by atoms with van der Waals surface area (Å²) < 4.78 is 0. The molecule has 0 bridgehead atoms. The SMILES string of the molecule is CC1CSC(=NCC2CCN(C(C)C)C2)NC1C. The number of nitrogens with zero attached hydrogens (tertiary/aromatic N) is 2. The van der Waals surface area contributed by atoms with Crippen molar-refractivity contribution in [3.8, 4) is 0 Å². The lowest BCUT2D eigenvalue weighted by atomic mass is 10.1. The monoisotopic (exact) mass is 269 g/mol. The minimum absolute atomic E-state index is 0.570. The van der Waals surface area contributed by atoms with Gasteiger partial charge in [0.2, 0.25) is 0 Å². The van der Waals surface area contributed by atoms with E-state index in [-0.39, 0.29) is 0 Å². The van der Waals surface area contributed by atoms with Crippen molar-refractivity contribution in [2.45, 2.75) is 46.2 Å². The summed E-state index contributed by atoms with van der Waals surface area (Å²) >= 11 is 1.89. The van der Waals surface area contributed by atoms with Crippen LogP contribution in [0, 0.1) is 11.8 Å². The number of aliphatic imine (C=N–C) groups is 1. The molecule has 2 saturated heterocycles. The summed E-state index contributed by atoms with van der Waals surface area (Å²) in [7, 11) is 0. The van der Waals surface area contributed by atoms with Crippen molar-refractivity contribution >= 4 is 16.9 Å². The van der Waals surface area contributed by atoms with Crippen LogP contribution in [0.4, 0.5) is 0 Å². The van der Waals surface area contributed by atoms with E-state index < -0.39 is 0 Å². The Labute approximate surface area is 116 Å². The van der Waals surface area contributed by atoms with Gasteiger partial charge in [0.1, 0.15) is 0 Å². The molecule has 0 spiro atoms. The number of thioether (sulfide) groups is 1. The number of rotatable bonds is 3. The van der Waals surface area contributed by atoms with Gasteiger partial charge in [-0.25, -0.2) is 0 Å². The molecule has 2 heterocycles. The zero-order valence-electron chi connectivity index (χ0n) is 12.1. The maximum Gasteiger partial charge on any atom is 0.156 e. The van der Waals surface area contributed by atoms with Crippen LogP contribution in [0.3, 0.4) is 0 Å². The fourth-order valence-electron chi connectivity index (χ4n) is 2.52. The van der Waals surface area contributed by atoms with E-state index in [9.17, 15) is 0 Å². The van der Waals surface area contributed by atoms with Crippen LogP contribution < -0.4 is 5.32 Å². The molecule has 2 rings (SSSR count). The lowest BCUT2D eigenvalue weighted by Gasteiger charge is -2.28. The van der Waals surface area contributed by atoms with Crippen molar-refractivity contribution in [3.63, 3.8) is 0 Å². The number of nitrogens with one attached hydrogen (secondary N) is 1. The lowest BCUT2D eigenvalue weighted by Crippen LogP contribution is -2.41. The third kappa shape index (κ3) is 3.64. The van der Waals surface area contributed by atoms with Crippen LogP contribution in [0.15, 0.2) is 4.99 Å². The summed E-state index contributed by atoms with van der Waals surface area (Å²) in [6.45, 7) is 12.6. The average Bonchev–Trinajstić information content (AvgIpc) is 2.79. The van der Waals surface area contributed by atoms with Gasteiger partial charge in [0.15, 0.2) is 5.17 Å². The largest absolute Gasteiger partial charge is 0.362 e. The molecule has 1 N–H and O–H groups in total. The van der Waals surface area contributed by atoms with Gasteiger partial charge in [-0.1, -0.05) is 18.7 Å². The Morgan fingerprint density at radius 1 is 1.44 bits per heavy atom. The molecule has 2 aliphatic heterocycles. The van der Waals surface area contributed by atoms with Crippen molar-refractivity contribution in [2.75, 3.05) is 25.4 Å². The zero-order chi connectivity index (χ0) is 13.1. The first kappa shape index (κ1) is 14.2. The molecule has 0 aromatic rings. The second-order valence-electron chi connectivity index (χ2n) is 6.11. The summed E-state index contributed by atoms with van der Waals surface area (Å²) in [6, 6.07) is 1.26. The van der Waals surface area contributed by atoms with Gasteiger partial charge in [0.05, 0.1) is 0 Å². The van der Waals surface area contributed by atoms with E-state index in [1.165, 1.54) is 30.4 Å². The summed E-state index contributed by atoms with van der Waals surface area (Å²) in [5.41, 5.74) is 0. The van der Waals surface area contributed by atoms with Crippen LogP contribution in [-0.2, 0) is 0 Å². The molecule has 0 aliphatic carbocycles. The maximum atomic E-state index is 4.79. The molecule has 2 aliphatic rings. The van der Waals surface area contributed by atoms with Gasteiger partial charge < -0.3 is 10.2 Å². The fourth-order valence-corrected chi connectivity index (χ4v) is 3.66. The summed E-state index contributed by atoms with van der Waals surface area (Å²) in [4.78, 5) is 7.35. The molecule has 18 heavy (non-hydrogen) atoms. The van der Waals surface area contributed by atoms with Gasteiger partial charge in [-0.3, -0.25) is 4.99 Å². The van der Waals surface area contributed by atoms with Crippen molar-refractivity contribution in [1.82, 2.24) is 10.2 Å². The van der Waals surface area contributed by atoms with E-state index in [2.05, 4.69) is 37.9 Å². The van der Waals surface area contributed by atoms with E-state index in [0.717, 1.165) is 18.4 Å². The number of amidine groups is 1. The molecule has 0 aromatic heterocycles. The number of likely N-dealkylation sites (tertiary alicyclic amines) is 1. The molecule has 0 aromatic carbocycles. The highest BCUT2D eigenvalue weighted by molar-refractivity contribution is 8.13. The van der Waals surface area contributed by atoms with E-state index in [4.69, 9.17) is 4.99 Å². The van der Waals surface area contributed by atoms with Gasteiger partial charge in [-0.15, -0.1) is 0 Å². The van der Waals surface area contributed by atoms with Gasteiger partial charge in [-0.05, 0) is 45.6 Å². The van der Waals surface area contributed by atoms with Crippen LogP contribution in [0.1, 0.15) is 34.1 Å². The number of hydrogen-bond acceptors (Lipinski definition) is 3. The average molecular weight is 269 g/mol. The van der Waals surface area contributed by atoms with Crippen molar-refractivity contribution in [1.29, 1.82) is 0 Å². The Morgan fingerprint density at radius 2 is 2.22 bits per heavy atom. The Bertz CT molecular complexity index is 303. The van der Waals surface area contributed by atoms with Gasteiger partial charge in [0.25, 0.3) is 0 Å². The second kappa shape index (κ2) is 6.29. The molecule has 3 nitrogen and oxygen atoms in total. The third-order valence-electron chi connectivity index (χ3n) is 4.23. The molecule has 0 saturated carbocycles. The van der Waals surface area contributed by atoms with Gasteiger partial charge >= 0.3 is 0 Å². The van der Waals surface area contributed by atoms with E-state index >= 15 is 0 Å². The Balaban J connectivity index is 1.78. The van der Waals surface area contributed by atoms with E-state index in [1.54, 1.807) is 0 Å². The van der Waals surface area contributed by atoms with Gasteiger partial charge in [-0.2, -0.15) is 0 Å². The molecule has 104 valence electrons. The normalized spacial score (nSPS) is 36.3. The summed E-state index contributed by atoms with van der Waals surface area (Å²) in [5, 5.41) is 4.69. The lowest BCUT2D eigenvalue weighted by molar-refractivity contribution is 0.266. The summed E-state index contributed by atoms with van der Waals surface area (Å²) in [5.74, 6) is 2.71. The molecular formula is C14H27N3S. The predicted octanol–water partition coefficient (Wildman–Crippen LogP) is 2.43. The van der Waals surface area contributed by atoms with Crippen molar-refractivity contribution < 1.29 is 0 Å². The fraction of sp³-hybridized carbons (Fsp3) is 0.929. The molecule has 2 fully saturated rings. The Kier molecular flexibility index (Phi) is 4.96. The molecule has 0 amide bonds. The highest BCUT2D eigenvalue weighted by atomic mass is 32.2. The van der Waals surface area contributed by atoms with Crippen LogP contribution >= 0.6 is 11.8 Å². The second-order valence-corrected chi connectivity index (χ2v) is 7.12. The van der Waals surface area contributed by atoms with Crippen LogP contribution in [0.2, 0.25) is 0 Å². The highest BCUT2D eigenvalue weighted by Crippen LogP contribution is 2.22.